The van der Waals surface area contributed by atoms with Gasteiger partial charge in [-0.05, 0) is 36.8 Å². The van der Waals surface area contributed by atoms with Crippen molar-refractivity contribution in [3.63, 3.8) is 0 Å². The minimum Gasteiger partial charge on any atom is -0.385 e. The van der Waals surface area contributed by atoms with Crippen molar-refractivity contribution in [2.75, 3.05) is 18.5 Å². The summed E-state index contributed by atoms with van der Waals surface area (Å²) in [4.78, 5) is 8.59. The molecule has 0 unspecified atom stereocenters. The molecule has 144 valence electrons. The molecule has 4 aromatic rings. The monoisotopic (exact) mass is 388 g/mol. The number of hydrogen-bond acceptors (Lipinski definition) is 3. The quantitative estimate of drug-likeness (QED) is 0.371. The second kappa shape index (κ2) is 7.10. The predicted molar refractivity (Wildman–Crippen MR) is 100 cm³/mol. The third-order valence-electron chi connectivity index (χ3n) is 4.39. The number of nitrogens with one attached hydrogen (secondary N) is 1. The molecule has 0 saturated carbocycles. The Bertz CT molecular complexity index is 1120. The lowest BCUT2D eigenvalue weighted by Gasteiger charge is -2.12. The van der Waals surface area contributed by atoms with Gasteiger partial charge in [0.25, 0.3) is 0 Å². The molecule has 1 N–H and O–H groups in total. The van der Waals surface area contributed by atoms with Crippen LogP contribution in [-0.4, -0.2) is 27.6 Å². The van der Waals surface area contributed by atoms with Gasteiger partial charge in [0.05, 0.1) is 23.4 Å². The van der Waals surface area contributed by atoms with Crippen LogP contribution in [0.25, 0.3) is 28.1 Å². The molecule has 0 amide bonds. The maximum absolute atomic E-state index is 13.7. The predicted octanol–water partition coefficient (Wildman–Crippen LogP) is 5.34. The van der Waals surface area contributed by atoms with Crippen molar-refractivity contribution in [1.82, 2.24) is 14.4 Å². The number of nitrogens with zero attached hydrogens (tertiary/aromatic N) is 3. The summed E-state index contributed by atoms with van der Waals surface area (Å²) in [6, 6.07) is 14.5. The lowest BCUT2D eigenvalue weighted by molar-refractivity contribution is -0.141. The number of para-hydroxylation sites is 2. The van der Waals surface area contributed by atoms with Gasteiger partial charge in [0, 0.05) is 17.8 Å². The first kappa shape index (κ1) is 18.2. The first-order chi connectivity index (χ1) is 13.5. The van der Waals surface area contributed by atoms with Crippen LogP contribution in [0.15, 0.2) is 54.6 Å². The van der Waals surface area contributed by atoms with Gasteiger partial charge in [-0.2, -0.15) is 13.2 Å². The number of anilines is 1. The van der Waals surface area contributed by atoms with Crippen LogP contribution < -0.4 is 5.32 Å². The molecule has 2 aromatic heterocycles. The molecule has 0 aliphatic rings. The molecule has 0 saturated heterocycles. The van der Waals surface area contributed by atoms with Gasteiger partial charge in [0.2, 0.25) is 5.78 Å². The van der Waals surface area contributed by atoms with E-state index < -0.39 is 18.5 Å². The summed E-state index contributed by atoms with van der Waals surface area (Å²) in [5.74, 6) is -0.00354. The highest BCUT2D eigenvalue weighted by Crippen LogP contribution is 2.34. The Morgan fingerprint density at radius 2 is 1.71 bits per heavy atom. The lowest BCUT2D eigenvalue weighted by atomic mass is 10.1. The highest BCUT2D eigenvalue weighted by molar-refractivity contribution is 5.80. The van der Waals surface area contributed by atoms with E-state index >= 15 is 0 Å². The van der Waals surface area contributed by atoms with E-state index in [0.717, 1.165) is 16.2 Å². The van der Waals surface area contributed by atoms with Gasteiger partial charge >= 0.3 is 6.18 Å². The van der Waals surface area contributed by atoms with Crippen molar-refractivity contribution in [3.8, 4) is 11.3 Å². The second-order valence-corrected chi connectivity index (χ2v) is 6.31. The number of alkyl halides is 4. The van der Waals surface area contributed by atoms with E-state index in [0.29, 0.717) is 29.6 Å². The van der Waals surface area contributed by atoms with Crippen LogP contribution >= 0.6 is 0 Å². The zero-order valence-electron chi connectivity index (χ0n) is 14.7. The summed E-state index contributed by atoms with van der Waals surface area (Å²) in [6.45, 7) is 0.0762. The number of aromatic nitrogens is 3. The smallest absolute Gasteiger partial charge is 0.385 e. The molecule has 28 heavy (non-hydrogen) atoms. The topological polar surface area (TPSA) is 42.2 Å². The van der Waals surface area contributed by atoms with E-state index in [4.69, 9.17) is 0 Å². The molecule has 0 aliphatic carbocycles. The minimum atomic E-state index is -4.56. The Balaban J connectivity index is 1.81. The first-order valence-corrected chi connectivity index (χ1v) is 8.73. The SMILES string of the molecule is FCCCNc1ccc(-c2cc(C(F)(F)F)n3c(n2)nc2ccccc23)cc1. The average molecular weight is 388 g/mol. The van der Waals surface area contributed by atoms with Crippen LogP contribution in [0.1, 0.15) is 12.1 Å². The summed E-state index contributed by atoms with van der Waals surface area (Å²) in [6.07, 6.45) is -4.17. The summed E-state index contributed by atoms with van der Waals surface area (Å²) >= 11 is 0. The summed E-state index contributed by atoms with van der Waals surface area (Å²) in [5, 5.41) is 3.05. The van der Waals surface area contributed by atoms with Crippen LogP contribution in [-0.2, 0) is 6.18 Å². The van der Waals surface area contributed by atoms with Crippen molar-refractivity contribution in [3.05, 3.63) is 60.3 Å². The molecule has 0 bridgehead atoms. The van der Waals surface area contributed by atoms with Crippen molar-refractivity contribution in [1.29, 1.82) is 0 Å². The average Bonchev–Trinajstić information content (AvgIpc) is 3.05. The lowest BCUT2D eigenvalue weighted by Crippen LogP contribution is -2.13. The normalized spacial score (nSPS) is 12.0. The Labute approximate surface area is 157 Å². The molecule has 4 nitrogen and oxygen atoms in total. The molecule has 2 heterocycles. The number of hydrogen-bond donors (Lipinski definition) is 1. The van der Waals surface area contributed by atoms with Crippen molar-refractivity contribution >= 4 is 22.5 Å². The number of imidazole rings is 1. The number of halogens is 4. The van der Waals surface area contributed by atoms with E-state index in [2.05, 4.69) is 15.3 Å². The molecule has 0 fully saturated rings. The van der Waals surface area contributed by atoms with Crippen LogP contribution in [0, 0.1) is 0 Å². The number of fused-ring (bicyclic) bond motifs is 3. The molecule has 4 rings (SSSR count). The summed E-state index contributed by atoms with van der Waals surface area (Å²) in [7, 11) is 0. The molecule has 0 spiro atoms. The molecule has 0 atom stereocenters. The van der Waals surface area contributed by atoms with E-state index in [1.54, 1.807) is 48.5 Å². The fraction of sp³-hybridized carbons (Fsp3) is 0.200. The van der Waals surface area contributed by atoms with Crippen LogP contribution in [0.4, 0.5) is 23.2 Å². The second-order valence-electron chi connectivity index (χ2n) is 6.31. The molecule has 2 aromatic carbocycles. The number of rotatable bonds is 5. The van der Waals surface area contributed by atoms with Gasteiger partial charge in [-0.3, -0.25) is 8.79 Å². The highest BCUT2D eigenvalue weighted by Gasteiger charge is 2.35. The molecular formula is C20H16F4N4. The maximum Gasteiger partial charge on any atom is 0.431 e. The fourth-order valence-electron chi connectivity index (χ4n) is 3.07. The van der Waals surface area contributed by atoms with Crippen LogP contribution in [0.3, 0.4) is 0 Å². The Kier molecular flexibility index (Phi) is 4.62. The van der Waals surface area contributed by atoms with Gasteiger partial charge in [-0.1, -0.05) is 24.3 Å². The van der Waals surface area contributed by atoms with E-state index in [1.807, 2.05) is 0 Å². The molecule has 8 heteroatoms. The zero-order valence-corrected chi connectivity index (χ0v) is 14.7. The van der Waals surface area contributed by atoms with Gasteiger partial charge in [-0.25, -0.2) is 9.97 Å². The van der Waals surface area contributed by atoms with Crippen LogP contribution in [0.5, 0.6) is 0 Å². The van der Waals surface area contributed by atoms with Crippen molar-refractivity contribution < 1.29 is 17.6 Å². The standard InChI is InChI=1S/C20H16F4N4/c21-10-3-11-25-14-8-6-13(7-9-14)16-12-18(20(22,23)24)28-17-5-2-1-4-15(17)26-19(28)27-16/h1-2,4-9,12,25H,3,10-11H2. The van der Waals surface area contributed by atoms with Gasteiger partial charge in [0.15, 0.2) is 0 Å². The van der Waals surface area contributed by atoms with E-state index in [1.165, 1.54) is 0 Å². The van der Waals surface area contributed by atoms with E-state index in [-0.39, 0.29) is 11.5 Å². The first-order valence-electron chi connectivity index (χ1n) is 8.73. The third kappa shape index (κ3) is 3.37. The Morgan fingerprint density at radius 1 is 0.964 bits per heavy atom. The van der Waals surface area contributed by atoms with Crippen molar-refractivity contribution in [2.24, 2.45) is 0 Å². The van der Waals surface area contributed by atoms with Crippen LogP contribution in [0.2, 0.25) is 0 Å². The summed E-state index contributed by atoms with van der Waals surface area (Å²) < 4.78 is 54.4. The van der Waals surface area contributed by atoms with E-state index in [9.17, 15) is 17.6 Å². The molecule has 0 aliphatic heterocycles. The number of benzene rings is 2. The molecular weight excluding hydrogens is 372 g/mol. The zero-order chi connectivity index (χ0) is 19.7. The molecule has 0 radical (unpaired) electrons. The van der Waals surface area contributed by atoms with Gasteiger partial charge in [-0.15, -0.1) is 0 Å². The fourth-order valence-corrected chi connectivity index (χ4v) is 3.07. The Hall–Kier alpha value is -3.16. The third-order valence-corrected chi connectivity index (χ3v) is 4.39. The minimum absolute atomic E-state index is 0.00354. The Morgan fingerprint density at radius 3 is 2.43 bits per heavy atom. The summed E-state index contributed by atoms with van der Waals surface area (Å²) in [5.41, 5.74) is 1.47. The van der Waals surface area contributed by atoms with Gasteiger partial charge < -0.3 is 5.32 Å². The largest absolute Gasteiger partial charge is 0.431 e. The van der Waals surface area contributed by atoms with Crippen molar-refractivity contribution in [2.45, 2.75) is 12.6 Å². The highest BCUT2D eigenvalue weighted by atomic mass is 19.4. The maximum atomic E-state index is 13.7. The van der Waals surface area contributed by atoms with Gasteiger partial charge in [0.1, 0.15) is 5.69 Å².